The standard InChI is InChI=1S/C16H10O5/c17-12-7-6-11-8-14(16(19)20-13(11)9-12)21-15(18)10-4-2-1-3-5-10/h1-9,17H. The number of esters is 1. The molecule has 0 aliphatic heterocycles. The smallest absolute Gasteiger partial charge is 0.379 e. The Morgan fingerprint density at radius 2 is 1.81 bits per heavy atom. The van der Waals surface area contributed by atoms with Crippen molar-refractivity contribution < 1.29 is 19.1 Å². The molecule has 0 radical (unpaired) electrons. The Kier molecular flexibility index (Phi) is 3.16. The third-order valence-corrected chi connectivity index (χ3v) is 2.90. The number of carbonyl (C=O) groups excluding carboxylic acids is 1. The van der Waals surface area contributed by atoms with Gasteiger partial charge in [-0.15, -0.1) is 0 Å². The van der Waals surface area contributed by atoms with Crippen LogP contribution in [0.25, 0.3) is 11.0 Å². The molecule has 5 heteroatoms. The van der Waals surface area contributed by atoms with Crippen molar-refractivity contribution in [3.63, 3.8) is 0 Å². The van der Waals surface area contributed by atoms with Gasteiger partial charge in [-0.05, 0) is 30.3 Å². The van der Waals surface area contributed by atoms with E-state index in [9.17, 15) is 14.7 Å². The maximum atomic E-state index is 11.9. The highest BCUT2D eigenvalue weighted by Crippen LogP contribution is 2.21. The molecule has 0 bridgehead atoms. The van der Waals surface area contributed by atoms with Gasteiger partial charge in [-0.25, -0.2) is 9.59 Å². The third kappa shape index (κ3) is 2.62. The summed E-state index contributed by atoms with van der Waals surface area (Å²) < 4.78 is 10.1. The van der Waals surface area contributed by atoms with Crippen LogP contribution in [0.1, 0.15) is 10.4 Å². The van der Waals surface area contributed by atoms with Gasteiger partial charge in [0, 0.05) is 11.5 Å². The number of carbonyl (C=O) groups is 1. The van der Waals surface area contributed by atoms with Crippen LogP contribution in [0.4, 0.5) is 0 Å². The maximum absolute atomic E-state index is 11.9. The Bertz CT molecular complexity index is 865. The van der Waals surface area contributed by atoms with E-state index in [1.165, 1.54) is 18.2 Å². The molecule has 21 heavy (non-hydrogen) atoms. The van der Waals surface area contributed by atoms with Gasteiger partial charge in [0.1, 0.15) is 11.3 Å². The van der Waals surface area contributed by atoms with Crippen molar-refractivity contribution in [3.05, 3.63) is 70.6 Å². The fourth-order valence-corrected chi connectivity index (χ4v) is 1.89. The molecule has 0 aliphatic rings. The minimum atomic E-state index is -0.780. The molecular formula is C16H10O5. The predicted molar refractivity (Wildman–Crippen MR) is 75.5 cm³/mol. The molecule has 3 aromatic rings. The van der Waals surface area contributed by atoms with E-state index in [1.807, 2.05) is 0 Å². The van der Waals surface area contributed by atoms with E-state index in [1.54, 1.807) is 36.4 Å². The zero-order valence-corrected chi connectivity index (χ0v) is 10.8. The molecule has 0 atom stereocenters. The second-order valence-corrected chi connectivity index (χ2v) is 4.38. The first-order chi connectivity index (χ1) is 10.1. The summed E-state index contributed by atoms with van der Waals surface area (Å²) in [5, 5.41) is 9.88. The number of benzene rings is 2. The molecule has 104 valence electrons. The zero-order chi connectivity index (χ0) is 14.8. The van der Waals surface area contributed by atoms with E-state index >= 15 is 0 Å². The van der Waals surface area contributed by atoms with Gasteiger partial charge in [-0.1, -0.05) is 18.2 Å². The first-order valence-corrected chi connectivity index (χ1v) is 6.17. The van der Waals surface area contributed by atoms with Gasteiger partial charge in [0.2, 0.25) is 5.75 Å². The van der Waals surface area contributed by atoms with E-state index in [2.05, 4.69) is 0 Å². The lowest BCUT2D eigenvalue weighted by atomic mass is 10.2. The number of phenols is 1. The third-order valence-electron chi connectivity index (χ3n) is 2.90. The minimum Gasteiger partial charge on any atom is -0.508 e. The van der Waals surface area contributed by atoms with Crippen LogP contribution < -0.4 is 10.4 Å². The number of fused-ring (bicyclic) bond motifs is 1. The summed E-state index contributed by atoms with van der Waals surface area (Å²) in [6, 6.07) is 14.1. The number of rotatable bonds is 2. The lowest BCUT2D eigenvalue weighted by Gasteiger charge is -2.04. The van der Waals surface area contributed by atoms with Crippen molar-refractivity contribution in [1.29, 1.82) is 0 Å². The monoisotopic (exact) mass is 282 g/mol. The van der Waals surface area contributed by atoms with Crippen LogP contribution in [-0.2, 0) is 0 Å². The Morgan fingerprint density at radius 3 is 2.57 bits per heavy atom. The van der Waals surface area contributed by atoms with Gasteiger partial charge in [0.25, 0.3) is 0 Å². The molecule has 0 saturated carbocycles. The van der Waals surface area contributed by atoms with E-state index in [4.69, 9.17) is 9.15 Å². The normalized spacial score (nSPS) is 10.5. The van der Waals surface area contributed by atoms with Gasteiger partial charge >= 0.3 is 11.6 Å². The summed E-state index contributed by atoms with van der Waals surface area (Å²) in [4.78, 5) is 23.7. The highest BCUT2D eigenvalue weighted by Gasteiger charge is 2.13. The van der Waals surface area contributed by atoms with Crippen LogP contribution in [0, 0.1) is 0 Å². The van der Waals surface area contributed by atoms with Crippen LogP contribution in [0.5, 0.6) is 11.5 Å². The topological polar surface area (TPSA) is 76.7 Å². The van der Waals surface area contributed by atoms with Crippen LogP contribution >= 0.6 is 0 Å². The summed E-state index contributed by atoms with van der Waals surface area (Å²) in [6.45, 7) is 0. The summed E-state index contributed by atoms with van der Waals surface area (Å²) in [7, 11) is 0. The SMILES string of the molecule is O=C(Oc1cc2ccc(O)cc2oc1=O)c1ccccc1. The lowest BCUT2D eigenvalue weighted by Crippen LogP contribution is -2.14. The summed E-state index contributed by atoms with van der Waals surface area (Å²) >= 11 is 0. The molecule has 0 aliphatic carbocycles. The largest absolute Gasteiger partial charge is 0.508 e. The van der Waals surface area contributed by atoms with E-state index in [0.29, 0.717) is 10.9 Å². The number of phenolic OH excluding ortho intramolecular Hbond substituents is 1. The molecule has 5 nitrogen and oxygen atoms in total. The first-order valence-electron chi connectivity index (χ1n) is 6.17. The fraction of sp³-hybridized carbons (Fsp3) is 0. The maximum Gasteiger partial charge on any atom is 0.379 e. The molecule has 1 heterocycles. The molecule has 3 rings (SSSR count). The summed E-state index contributed by atoms with van der Waals surface area (Å²) in [5.74, 6) is -0.845. The Balaban J connectivity index is 1.98. The second kappa shape index (κ2) is 5.13. The van der Waals surface area contributed by atoms with Crippen molar-refractivity contribution in [1.82, 2.24) is 0 Å². The Hall–Kier alpha value is -3.08. The van der Waals surface area contributed by atoms with Crippen LogP contribution in [0.3, 0.4) is 0 Å². The van der Waals surface area contributed by atoms with Gasteiger partial charge in [-0.3, -0.25) is 0 Å². The van der Waals surface area contributed by atoms with Gasteiger partial charge in [0.05, 0.1) is 5.56 Å². The van der Waals surface area contributed by atoms with E-state index in [0.717, 1.165) is 0 Å². The summed E-state index contributed by atoms with van der Waals surface area (Å²) in [5.41, 5.74) is -0.223. The van der Waals surface area contributed by atoms with Crippen molar-refractivity contribution >= 4 is 16.9 Å². The highest BCUT2D eigenvalue weighted by atomic mass is 16.5. The van der Waals surface area contributed by atoms with Gasteiger partial charge in [0.15, 0.2) is 0 Å². The molecule has 1 N–H and O–H groups in total. The average molecular weight is 282 g/mol. The van der Waals surface area contributed by atoms with Gasteiger partial charge < -0.3 is 14.3 Å². The van der Waals surface area contributed by atoms with Crippen LogP contribution in [0.2, 0.25) is 0 Å². The van der Waals surface area contributed by atoms with Crippen molar-refractivity contribution in [2.75, 3.05) is 0 Å². The quantitative estimate of drug-likeness (QED) is 0.577. The molecule has 0 saturated heterocycles. The molecule has 1 aromatic heterocycles. The zero-order valence-electron chi connectivity index (χ0n) is 10.8. The van der Waals surface area contributed by atoms with Crippen molar-refractivity contribution in [2.45, 2.75) is 0 Å². The minimum absolute atomic E-state index is 0.0142. The number of hydrogen-bond donors (Lipinski definition) is 1. The van der Waals surface area contributed by atoms with E-state index < -0.39 is 11.6 Å². The predicted octanol–water partition coefficient (Wildman–Crippen LogP) is 2.72. The number of aromatic hydroxyl groups is 1. The van der Waals surface area contributed by atoms with Gasteiger partial charge in [-0.2, -0.15) is 0 Å². The van der Waals surface area contributed by atoms with Crippen molar-refractivity contribution in [2.24, 2.45) is 0 Å². The molecule has 0 amide bonds. The van der Waals surface area contributed by atoms with Crippen LogP contribution in [-0.4, -0.2) is 11.1 Å². The molecular weight excluding hydrogens is 272 g/mol. The second-order valence-electron chi connectivity index (χ2n) is 4.38. The molecule has 2 aromatic carbocycles. The lowest BCUT2D eigenvalue weighted by molar-refractivity contribution is 0.0729. The van der Waals surface area contributed by atoms with E-state index in [-0.39, 0.29) is 17.1 Å². The number of ether oxygens (including phenoxy) is 1. The fourth-order valence-electron chi connectivity index (χ4n) is 1.89. The highest BCUT2D eigenvalue weighted by molar-refractivity contribution is 5.91. The van der Waals surface area contributed by atoms with Crippen molar-refractivity contribution in [3.8, 4) is 11.5 Å². The molecule has 0 spiro atoms. The molecule has 0 fully saturated rings. The Labute approximate surface area is 119 Å². The summed E-state index contributed by atoms with van der Waals surface area (Å²) in [6.07, 6.45) is 0. The number of hydrogen-bond acceptors (Lipinski definition) is 5. The Morgan fingerprint density at radius 1 is 1.05 bits per heavy atom. The molecule has 0 unspecified atom stereocenters. The average Bonchev–Trinajstić information content (AvgIpc) is 2.49. The van der Waals surface area contributed by atoms with Crippen LogP contribution in [0.15, 0.2) is 63.8 Å². The first kappa shape index (κ1) is 12.9.